The number of fused-ring (bicyclic) bond motifs is 1. The summed E-state index contributed by atoms with van der Waals surface area (Å²) >= 11 is 0. The van der Waals surface area contributed by atoms with Crippen LogP contribution in [0.25, 0.3) is 11.0 Å². The lowest BCUT2D eigenvalue weighted by atomic mass is 10.0. The number of anilines is 1. The lowest BCUT2D eigenvalue weighted by molar-refractivity contribution is -0.121. The molecular weight excluding hydrogens is 364 g/mol. The molecule has 3 aromatic rings. The van der Waals surface area contributed by atoms with Gasteiger partial charge in [0.1, 0.15) is 5.58 Å². The van der Waals surface area contributed by atoms with Gasteiger partial charge in [0.25, 0.3) is 0 Å². The van der Waals surface area contributed by atoms with Crippen LogP contribution in [0.2, 0.25) is 0 Å². The Morgan fingerprint density at radius 2 is 1.83 bits per heavy atom. The SMILES string of the molecule is Cc1ccc2c(CC(=O)NC(C)c3ccc(NC(=O)C4CC4)cc3)coc2c1C. The highest BCUT2D eigenvalue weighted by molar-refractivity contribution is 5.94. The molecule has 1 saturated carbocycles. The summed E-state index contributed by atoms with van der Waals surface area (Å²) in [6, 6.07) is 11.6. The fourth-order valence-electron chi connectivity index (χ4n) is 3.52. The minimum absolute atomic E-state index is 0.0514. The molecule has 1 aliphatic carbocycles. The van der Waals surface area contributed by atoms with Gasteiger partial charge in [-0.25, -0.2) is 0 Å². The number of carbonyl (C=O) groups excluding carboxylic acids is 2. The van der Waals surface area contributed by atoms with Gasteiger partial charge >= 0.3 is 0 Å². The Labute approximate surface area is 170 Å². The Hall–Kier alpha value is -3.08. The summed E-state index contributed by atoms with van der Waals surface area (Å²) in [5.74, 6) is 0.223. The molecule has 1 aliphatic rings. The van der Waals surface area contributed by atoms with Gasteiger partial charge < -0.3 is 15.1 Å². The molecule has 2 aromatic carbocycles. The molecule has 4 rings (SSSR count). The van der Waals surface area contributed by atoms with E-state index in [1.54, 1.807) is 6.26 Å². The van der Waals surface area contributed by atoms with Crippen molar-refractivity contribution < 1.29 is 14.0 Å². The molecule has 5 heteroatoms. The quantitative estimate of drug-likeness (QED) is 0.634. The highest BCUT2D eigenvalue weighted by atomic mass is 16.3. The van der Waals surface area contributed by atoms with Crippen LogP contribution in [-0.4, -0.2) is 11.8 Å². The van der Waals surface area contributed by atoms with Gasteiger partial charge in [0.05, 0.1) is 18.7 Å². The van der Waals surface area contributed by atoms with Gasteiger partial charge in [-0.1, -0.05) is 24.3 Å². The second kappa shape index (κ2) is 7.74. The van der Waals surface area contributed by atoms with Gasteiger partial charge in [-0.3, -0.25) is 9.59 Å². The number of nitrogens with one attached hydrogen (secondary N) is 2. The number of carbonyl (C=O) groups is 2. The van der Waals surface area contributed by atoms with Crippen molar-refractivity contribution in [2.45, 2.75) is 46.1 Å². The van der Waals surface area contributed by atoms with Crippen LogP contribution in [0.1, 0.15) is 48.1 Å². The van der Waals surface area contributed by atoms with Crippen LogP contribution in [-0.2, 0) is 16.0 Å². The van der Waals surface area contributed by atoms with E-state index in [1.165, 1.54) is 5.56 Å². The fraction of sp³-hybridized carbons (Fsp3) is 0.333. The van der Waals surface area contributed by atoms with Gasteiger partial charge in [-0.2, -0.15) is 0 Å². The second-order valence-electron chi connectivity index (χ2n) is 8.00. The highest BCUT2D eigenvalue weighted by Crippen LogP contribution is 2.30. The molecule has 0 aliphatic heterocycles. The largest absolute Gasteiger partial charge is 0.464 e. The van der Waals surface area contributed by atoms with Crippen molar-refractivity contribution in [2.24, 2.45) is 5.92 Å². The molecule has 1 unspecified atom stereocenters. The zero-order valence-electron chi connectivity index (χ0n) is 17.0. The molecule has 2 N–H and O–H groups in total. The molecule has 1 atom stereocenters. The average molecular weight is 390 g/mol. The molecule has 0 saturated heterocycles. The maximum atomic E-state index is 12.6. The van der Waals surface area contributed by atoms with Crippen LogP contribution in [0, 0.1) is 19.8 Å². The first-order valence-electron chi connectivity index (χ1n) is 10.1. The Bertz CT molecular complexity index is 1060. The summed E-state index contributed by atoms with van der Waals surface area (Å²) < 4.78 is 5.70. The maximum Gasteiger partial charge on any atom is 0.227 e. The second-order valence-corrected chi connectivity index (χ2v) is 8.00. The first-order chi connectivity index (χ1) is 13.9. The summed E-state index contributed by atoms with van der Waals surface area (Å²) in [4.78, 5) is 24.4. The predicted molar refractivity (Wildman–Crippen MR) is 114 cm³/mol. The first kappa shape index (κ1) is 19.2. The molecule has 29 heavy (non-hydrogen) atoms. The smallest absolute Gasteiger partial charge is 0.227 e. The standard InChI is InChI=1S/C24H26N2O3/c1-14-4-11-21-19(13-29-23(21)15(14)2)12-22(27)25-16(3)17-7-9-20(10-8-17)26-24(28)18-5-6-18/h4,7-11,13,16,18H,5-6,12H2,1-3H3,(H,25,27)(H,26,28). The number of hydrogen-bond acceptors (Lipinski definition) is 3. The third-order valence-electron chi connectivity index (χ3n) is 5.70. The van der Waals surface area contributed by atoms with Gasteiger partial charge in [0, 0.05) is 22.6 Å². The molecule has 1 fully saturated rings. The minimum atomic E-state index is -0.127. The van der Waals surface area contributed by atoms with Gasteiger partial charge in [-0.05, 0) is 62.4 Å². The van der Waals surface area contributed by atoms with E-state index in [-0.39, 0.29) is 30.2 Å². The third kappa shape index (κ3) is 4.19. The molecule has 0 bridgehead atoms. The number of hydrogen-bond donors (Lipinski definition) is 2. The van der Waals surface area contributed by atoms with Crippen LogP contribution in [0.5, 0.6) is 0 Å². The van der Waals surface area contributed by atoms with Crippen molar-refractivity contribution in [3.8, 4) is 0 Å². The zero-order valence-corrected chi connectivity index (χ0v) is 17.0. The Morgan fingerprint density at radius 1 is 1.10 bits per heavy atom. The van der Waals surface area contributed by atoms with Crippen molar-refractivity contribution >= 4 is 28.5 Å². The number of furan rings is 1. The van der Waals surface area contributed by atoms with Crippen molar-refractivity contribution in [2.75, 3.05) is 5.32 Å². The summed E-state index contributed by atoms with van der Waals surface area (Å²) in [6.45, 7) is 6.04. The Kier molecular flexibility index (Phi) is 5.14. The lowest BCUT2D eigenvalue weighted by Gasteiger charge is -2.15. The monoisotopic (exact) mass is 390 g/mol. The van der Waals surface area contributed by atoms with Crippen LogP contribution in [0.15, 0.2) is 47.1 Å². The van der Waals surface area contributed by atoms with E-state index >= 15 is 0 Å². The minimum Gasteiger partial charge on any atom is -0.464 e. The maximum absolute atomic E-state index is 12.6. The summed E-state index contributed by atoms with van der Waals surface area (Å²) in [5.41, 5.74) is 5.81. The van der Waals surface area contributed by atoms with E-state index in [2.05, 4.69) is 16.7 Å². The molecule has 150 valence electrons. The van der Waals surface area contributed by atoms with Crippen molar-refractivity contribution in [1.29, 1.82) is 0 Å². The highest BCUT2D eigenvalue weighted by Gasteiger charge is 2.29. The molecular formula is C24H26N2O3. The Morgan fingerprint density at radius 3 is 2.52 bits per heavy atom. The first-order valence-corrected chi connectivity index (χ1v) is 10.1. The number of benzene rings is 2. The van der Waals surface area contributed by atoms with E-state index < -0.39 is 0 Å². The summed E-state index contributed by atoms with van der Waals surface area (Å²) in [7, 11) is 0. The number of aryl methyl sites for hydroxylation is 2. The van der Waals surface area contributed by atoms with E-state index in [0.717, 1.165) is 46.2 Å². The average Bonchev–Trinajstić information content (AvgIpc) is 3.47. The fourth-order valence-corrected chi connectivity index (χ4v) is 3.52. The zero-order chi connectivity index (χ0) is 20.5. The topological polar surface area (TPSA) is 71.3 Å². The van der Waals surface area contributed by atoms with E-state index in [9.17, 15) is 9.59 Å². The summed E-state index contributed by atoms with van der Waals surface area (Å²) in [6.07, 6.45) is 3.92. The van der Waals surface area contributed by atoms with Crippen LogP contribution in [0.3, 0.4) is 0 Å². The van der Waals surface area contributed by atoms with Crippen LogP contribution in [0.4, 0.5) is 5.69 Å². The lowest BCUT2D eigenvalue weighted by Crippen LogP contribution is -2.28. The predicted octanol–water partition coefficient (Wildman–Crippen LogP) is 4.82. The Balaban J connectivity index is 1.38. The van der Waals surface area contributed by atoms with Gasteiger partial charge in [0.15, 0.2) is 0 Å². The van der Waals surface area contributed by atoms with E-state index in [1.807, 2.05) is 51.1 Å². The van der Waals surface area contributed by atoms with E-state index in [4.69, 9.17) is 4.42 Å². The number of rotatable bonds is 6. The molecule has 5 nitrogen and oxygen atoms in total. The van der Waals surface area contributed by atoms with Gasteiger partial charge in [-0.15, -0.1) is 0 Å². The van der Waals surface area contributed by atoms with Crippen LogP contribution < -0.4 is 10.6 Å². The van der Waals surface area contributed by atoms with Crippen molar-refractivity contribution in [1.82, 2.24) is 5.32 Å². The molecule has 0 spiro atoms. The third-order valence-corrected chi connectivity index (χ3v) is 5.70. The van der Waals surface area contributed by atoms with Crippen molar-refractivity contribution in [3.05, 3.63) is 64.9 Å². The van der Waals surface area contributed by atoms with E-state index in [0.29, 0.717) is 0 Å². The molecule has 0 radical (unpaired) electrons. The molecule has 2 amide bonds. The molecule has 1 aromatic heterocycles. The number of amides is 2. The summed E-state index contributed by atoms with van der Waals surface area (Å²) in [5, 5.41) is 6.97. The van der Waals surface area contributed by atoms with Crippen molar-refractivity contribution in [3.63, 3.8) is 0 Å². The van der Waals surface area contributed by atoms with Crippen LogP contribution >= 0.6 is 0 Å². The molecule has 1 heterocycles. The van der Waals surface area contributed by atoms with Gasteiger partial charge in [0.2, 0.25) is 11.8 Å². The normalized spacial score (nSPS) is 14.6.